The third-order valence-corrected chi connectivity index (χ3v) is 4.99. The minimum atomic E-state index is -0.149. The number of carbonyl (C=O) groups is 1. The minimum Gasteiger partial charge on any atom is -0.370 e. The van der Waals surface area contributed by atoms with Crippen molar-refractivity contribution in [2.24, 2.45) is 0 Å². The molecule has 4 rings (SSSR count). The molecule has 5 heteroatoms. The third kappa shape index (κ3) is 4.19. The fourth-order valence-electron chi connectivity index (χ4n) is 3.46. The molecule has 1 fully saturated rings. The molecular weight excluding hydrogens is 336 g/mol. The van der Waals surface area contributed by atoms with E-state index >= 15 is 0 Å². The van der Waals surface area contributed by atoms with E-state index in [1.165, 1.54) is 25.7 Å². The van der Waals surface area contributed by atoms with Crippen LogP contribution < -0.4 is 10.2 Å². The van der Waals surface area contributed by atoms with Crippen molar-refractivity contribution in [3.05, 3.63) is 72.7 Å². The van der Waals surface area contributed by atoms with Crippen molar-refractivity contribution in [3.8, 4) is 5.69 Å². The van der Waals surface area contributed by atoms with E-state index in [4.69, 9.17) is 0 Å². The summed E-state index contributed by atoms with van der Waals surface area (Å²) in [5.74, 6) is 0.428. The van der Waals surface area contributed by atoms with E-state index in [0.29, 0.717) is 11.4 Å². The molecule has 1 N–H and O–H groups in total. The van der Waals surface area contributed by atoms with E-state index in [1.807, 2.05) is 71.7 Å². The Morgan fingerprint density at radius 3 is 2.15 bits per heavy atom. The van der Waals surface area contributed by atoms with Crippen LogP contribution in [0.2, 0.25) is 0 Å². The van der Waals surface area contributed by atoms with Gasteiger partial charge in [-0.15, -0.1) is 0 Å². The highest BCUT2D eigenvalue weighted by Gasteiger charge is 2.11. The first kappa shape index (κ1) is 17.3. The van der Waals surface area contributed by atoms with E-state index in [2.05, 4.69) is 15.2 Å². The smallest absolute Gasteiger partial charge is 0.256 e. The second kappa shape index (κ2) is 8.08. The lowest BCUT2D eigenvalue weighted by Crippen LogP contribution is -2.24. The van der Waals surface area contributed by atoms with Gasteiger partial charge in [0.15, 0.2) is 0 Å². The Morgan fingerprint density at radius 2 is 1.52 bits per heavy atom. The molecule has 2 aromatic heterocycles. The van der Waals surface area contributed by atoms with Crippen molar-refractivity contribution in [1.82, 2.24) is 9.55 Å². The van der Waals surface area contributed by atoms with Crippen LogP contribution in [0.1, 0.15) is 36.0 Å². The average molecular weight is 360 g/mol. The molecule has 1 saturated heterocycles. The Balaban J connectivity index is 1.40. The quantitative estimate of drug-likeness (QED) is 0.745. The Bertz CT molecular complexity index is 862. The van der Waals surface area contributed by atoms with Crippen molar-refractivity contribution in [2.45, 2.75) is 25.7 Å². The lowest BCUT2D eigenvalue weighted by Gasteiger charge is -2.22. The molecule has 0 radical (unpaired) electrons. The second-order valence-electron chi connectivity index (χ2n) is 6.89. The highest BCUT2D eigenvalue weighted by molar-refractivity contribution is 6.03. The van der Waals surface area contributed by atoms with Crippen molar-refractivity contribution in [1.29, 1.82) is 0 Å². The highest BCUT2D eigenvalue weighted by atomic mass is 16.1. The topological polar surface area (TPSA) is 50.2 Å². The summed E-state index contributed by atoms with van der Waals surface area (Å²) in [5.41, 5.74) is 2.77. The van der Waals surface area contributed by atoms with E-state index < -0.39 is 0 Å². The number of hydrogen-bond donors (Lipinski definition) is 1. The van der Waals surface area contributed by atoms with E-state index in [0.717, 1.165) is 24.5 Å². The number of aromatic nitrogens is 2. The van der Waals surface area contributed by atoms with Crippen LogP contribution in [0.5, 0.6) is 0 Å². The molecule has 0 atom stereocenters. The maximum Gasteiger partial charge on any atom is 0.256 e. The number of anilines is 2. The molecule has 1 aliphatic heterocycles. The number of pyridine rings is 1. The summed E-state index contributed by atoms with van der Waals surface area (Å²) in [5, 5.41) is 2.88. The predicted octanol–water partition coefficient (Wildman–Crippen LogP) is 4.51. The number of benzene rings is 1. The SMILES string of the molecule is O=C(Nc1ccc(N2CCCCCC2)cn1)c1ccc(-n2cccc2)cc1. The highest BCUT2D eigenvalue weighted by Crippen LogP contribution is 2.20. The zero-order valence-electron chi connectivity index (χ0n) is 15.3. The normalized spacial score (nSPS) is 14.6. The number of hydrogen-bond acceptors (Lipinski definition) is 3. The van der Waals surface area contributed by atoms with Crippen molar-refractivity contribution in [3.63, 3.8) is 0 Å². The molecule has 0 aliphatic carbocycles. The molecule has 27 heavy (non-hydrogen) atoms. The number of nitrogens with one attached hydrogen (secondary N) is 1. The molecule has 1 aromatic carbocycles. The Labute approximate surface area is 159 Å². The molecule has 0 bridgehead atoms. The van der Waals surface area contributed by atoms with Crippen molar-refractivity contribution >= 4 is 17.4 Å². The lowest BCUT2D eigenvalue weighted by molar-refractivity contribution is 0.102. The molecule has 3 heterocycles. The van der Waals surface area contributed by atoms with Gasteiger partial charge in [-0.25, -0.2) is 4.98 Å². The van der Waals surface area contributed by atoms with E-state index in [-0.39, 0.29) is 5.91 Å². The van der Waals surface area contributed by atoms with Crippen molar-refractivity contribution < 1.29 is 4.79 Å². The summed E-state index contributed by atoms with van der Waals surface area (Å²) in [7, 11) is 0. The molecule has 0 spiro atoms. The molecule has 1 aliphatic rings. The van der Waals surface area contributed by atoms with Gasteiger partial charge in [0.1, 0.15) is 5.82 Å². The van der Waals surface area contributed by atoms with Gasteiger partial charge >= 0.3 is 0 Å². The zero-order chi connectivity index (χ0) is 18.5. The Kier molecular flexibility index (Phi) is 5.19. The number of carbonyl (C=O) groups excluding carboxylic acids is 1. The van der Waals surface area contributed by atoms with Crippen LogP contribution in [0.3, 0.4) is 0 Å². The zero-order valence-corrected chi connectivity index (χ0v) is 15.3. The monoisotopic (exact) mass is 360 g/mol. The summed E-state index contributed by atoms with van der Waals surface area (Å²) in [6.07, 6.45) is 10.9. The van der Waals surface area contributed by atoms with Crippen LogP contribution >= 0.6 is 0 Å². The molecular formula is C22H24N4O. The summed E-state index contributed by atoms with van der Waals surface area (Å²) < 4.78 is 2.00. The summed E-state index contributed by atoms with van der Waals surface area (Å²) >= 11 is 0. The Hall–Kier alpha value is -3.08. The molecule has 5 nitrogen and oxygen atoms in total. The maximum atomic E-state index is 12.5. The minimum absolute atomic E-state index is 0.149. The largest absolute Gasteiger partial charge is 0.370 e. The van der Waals surface area contributed by atoms with Crippen LogP contribution in [0.25, 0.3) is 5.69 Å². The first-order chi connectivity index (χ1) is 13.3. The van der Waals surface area contributed by atoms with Crippen LogP contribution in [0, 0.1) is 0 Å². The number of amides is 1. The van der Waals surface area contributed by atoms with Gasteiger partial charge in [0, 0.05) is 36.7 Å². The van der Waals surface area contributed by atoms with Crippen LogP contribution in [-0.2, 0) is 0 Å². The van der Waals surface area contributed by atoms with Gasteiger partial charge in [0.25, 0.3) is 5.91 Å². The number of nitrogens with zero attached hydrogens (tertiary/aromatic N) is 3. The van der Waals surface area contributed by atoms with Gasteiger partial charge in [-0.2, -0.15) is 0 Å². The molecule has 0 unspecified atom stereocenters. The fraction of sp³-hybridized carbons (Fsp3) is 0.273. The van der Waals surface area contributed by atoms with Gasteiger partial charge < -0.3 is 14.8 Å². The lowest BCUT2D eigenvalue weighted by atomic mass is 10.2. The van der Waals surface area contributed by atoms with E-state index in [1.54, 1.807) is 0 Å². The van der Waals surface area contributed by atoms with Crippen molar-refractivity contribution in [2.75, 3.05) is 23.3 Å². The second-order valence-corrected chi connectivity index (χ2v) is 6.89. The Morgan fingerprint density at radius 1 is 0.852 bits per heavy atom. The standard InChI is InChI=1S/C22H24N4O/c27-22(18-7-9-19(10-8-18)25-15-5-6-16-25)24-21-12-11-20(17-23-21)26-13-3-1-2-4-14-26/h5-12,15-17H,1-4,13-14H2,(H,23,24,27). The van der Waals surface area contributed by atoms with Crippen LogP contribution in [0.4, 0.5) is 11.5 Å². The average Bonchev–Trinajstić information content (AvgIpc) is 3.11. The van der Waals surface area contributed by atoms with E-state index in [9.17, 15) is 4.79 Å². The van der Waals surface area contributed by atoms with Gasteiger partial charge in [0.05, 0.1) is 11.9 Å². The summed E-state index contributed by atoms with van der Waals surface area (Å²) in [6, 6.07) is 15.4. The van der Waals surface area contributed by atoms with Gasteiger partial charge in [-0.3, -0.25) is 4.79 Å². The first-order valence-electron chi connectivity index (χ1n) is 9.55. The predicted molar refractivity (Wildman–Crippen MR) is 109 cm³/mol. The van der Waals surface area contributed by atoms with Gasteiger partial charge in [0.2, 0.25) is 0 Å². The third-order valence-electron chi connectivity index (χ3n) is 4.99. The molecule has 0 saturated carbocycles. The van der Waals surface area contributed by atoms with Gasteiger partial charge in [-0.1, -0.05) is 12.8 Å². The van der Waals surface area contributed by atoms with Gasteiger partial charge in [-0.05, 0) is 61.4 Å². The van der Waals surface area contributed by atoms with Crippen LogP contribution in [0.15, 0.2) is 67.1 Å². The fourth-order valence-corrected chi connectivity index (χ4v) is 3.46. The molecule has 1 amide bonds. The number of rotatable bonds is 4. The maximum absolute atomic E-state index is 12.5. The molecule has 138 valence electrons. The van der Waals surface area contributed by atoms with Crippen LogP contribution in [-0.4, -0.2) is 28.5 Å². The summed E-state index contributed by atoms with van der Waals surface area (Å²) in [4.78, 5) is 19.3. The molecule has 3 aromatic rings. The summed E-state index contributed by atoms with van der Waals surface area (Å²) in [6.45, 7) is 2.17. The first-order valence-corrected chi connectivity index (χ1v) is 9.55.